The van der Waals surface area contributed by atoms with E-state index in [0.717, 1.165) is 35.7 Å². The summed E-state index contributed by atoms with van der Waals surface area (Å²) in [7, 11) is 0. The summed E-state index contributed by atoms with van der Waals surface area (Å²) in [5.74, 6) is 0. The van der Waals surface area contributed by atoms with Crippen molar-refractivity contribution in [3.05, 3.63) is 33.6 Å². The molecule has 1 aliphatic rings. The molecule has 0 spiro atoms. The summed E-state index contributed by atoms with van der Waals surface area (Å²) in [6.07, 6.45) is -4.45. The Hall–Kier alpha value is -2.23. The van der Waals surface area contributed by atoms with E-state index in [1.807, 2.05) is 0 Å². The summed E-state index contributed by atoms with van der Waals surface area (Å²) in [5, 5.41) is 18.6. The molecule has 0 unspecified atom stereocenters. The molecule has 1 aliphatic heterocycles. The SMILES string of the molecule is N#CC(C#N)=C1Sc2nc3ccc(C(F)(F)F)cc3nc2S1. The van der Waals surface area contributed by atoms with Crippen molar-refractivity contribution < 1.29 is 13.2 Å². The molecule has 9 heteroatoms. The van der Waals surface area contributed by atoms with E-state index < -0.39 is 11.7 Å². The molecule has 0 fully saturated rings. The molecule has 1 aromatic heterocycles. The number of hydrogen-bond donors (Lipinski definition) is 0. The zero-order valence-corrected chi connectivity index (χ0v) is 12.1. The third-order valence-electron chi connectivity index (χ3n) is 2.74. The smallest absolute Gasteiger partial charge is 0.237 e. The van der Waals surface area contributed by atoms with Crippen molar-refractivity contribution in [3.8, 4) is 12.1 Å². The van der Waals surface area contributed by atoms with E-state index in [1.54, 1.807) is 12.1 Å². The van der Waals surface area contributed by atoms with Crippen molar-refractivity contribution in [1.82, 2.24) is 9.97 Å². The van der Waals surface area contributed by atoms with Crippen LogP contribution >= 0.6 is 23.5 Å². The fourth-order valence-corrected chi connectivity index (χ4v) is 3.93. The molecule has 0 atom stereocenters. The van der Waals surface area contributed by atoms with Crippen molar-refractivity contribution in [1.29, 1.82) is 10.5 Å². The molecule has 3 rings (SSSR count). The van der Waals surface area contributed by atoms with E-state index in [4.69, 9.17) is 10.5 Å². The second-order valence-electron chi connectivity index (χ2n) is 4.13. The summed E-state index contributed by atoms with van der Waals surface area (Å²) in [4.78, 5) is 8.40. The average molecular weight is 336 g/mol. The molecule has 0 aliphatic carbocycles. The number of allylic oxidation sites excluding steroid dienone is 1. The fraction of sp³-hybridized carbons (Fsp3) is 0.0769. The van der Waals surface area contributed by atoms with Crippen molar-refractivity contribution in [3.63, 3.8) is 0 Å². The van der Waals surface area contributed by atoms with Gasteiger partial charge in [0, 0.05) is 0 Å². The Balaban J connectivity index is 2.11. The largest absolute Gasteiger partial charge is 0.416 e. The van der Waals surface area contributed by atoms with Crippen LogP contribution in [0.2, 0.25) is 0 Å². The number of thioether (sulfide) groups is 2. The molecule has 0 amide bonds. The molecule has 22 heavy (non-hydrogen) atoms. The molecule has 0 saturated heterocycles. The lowest BCUT2D eigenvalue weighted by molar-refractivity contribution is -0.137. The van der Waals surface area contributed by atoms with Crippen LogP contribution in [0.15, 0.2) is 38.1 Å². The Morgan fingerprint density at radius 2 is 1.59 bits per heavy atom. The van der Waals surface area contributed by atoms with E-state index >= 15 is 0 Å². The maximum Gasteiger partial charge on any atom is 0.416 e. The Morgan fingerprint density at radius 1 is 1.00 bits per heavy atom. The number of fused-ring (bicyclic) bond motifs is 2. The predicted molar refractivity (Wildman–Crippen MR) is 74.5 cm³/mol. The van der Waals surface area contributed by atoms with E-state index in [1.165, 1.54) is 6.07 Å². The molecule has 108 valence electrons. The van der Waals surface area contributed by atoms with Crippen LogP contribution in [0.3, 0.4) is 0 Å². The highest BCUT2D eigenvalue weighted by atomic mass is 32.2. The number of halogens is 3. The first-order valence-electron chi connectivity index (χ1n) is 5.71. The zero-order chi connectivity index (χ0) is 15.9. The normalized spacial score (nSPS) is 13.6. The van der Waals surface area contributed by atoms with Gasteiger partial charge >= 0.3 is 6.18 Å². The topological polar surface area (TPSA) is 73.4 Å². The predicted octanol–water partition coefficient (Wildman–Crippen LogP) is 4.11. The van der Waals surface area contributed by atoms with Gasteiger partial charge in [-0.15, -0.1) is 0 Å². The number of aromatic nitrogens is 2. The lowest BCUT2D eigenvalue weighted by atomic mass is 10.2. The van der Waals surface area contributed by atoms with Crippen molar-refractivity contribution in [2.45, 2.75) is 16.2 Å². The Labute approximate surface area is 130 Å². The minimum atomic E-state index is -4.45. The summed E-state index contributed by atoms with van der Waals surface area (Å²) in [6.45, 7) is 0. The Morgan fingerprint density at radius 3 is 2.14 bits per heavy atom. The minimum Gasteiger partial charge on any atom is -0.237 e. The Bertz CT molecular complexity index is 890. The number of rotatable bonds is 0. The number of nitrogens with zero attached hydrogens (tertiary/aromatic N) is 4. The van der Waals surface area contributed by atoms with Crippen molar-refractivity contribution in [2.24, 2.45) is 0 Å². The fourth-order valence-electron chi connectivity index (χ4n) is 1.75. The third kappa shape index (κ3) is 2.49. The van der Waals surface area contributed by atoms with E-state index in [0.29, 0.717) is 19.8 Å². The summed E-state index contributed by atoms with van der Waals surface area (Å²) < 4.78 is 38.6. The van der Waals surface area contributed by atoms with Crippen LogP contribution in [0, 0.1) is 22.7 Å². The van der Waals surface area contributed by atoms with Gasteiger partial charge in [0.2, 0.25) is 0 Å². The molecular formula is C13H3F3N4S2. The lowest BCUT2D eigenvalue weighted by Crippen LogP contribution is -2.04. The van der Waals surface area contributed by atoms with Gasteiger partial charge in [0.1, 0.15) is 27.8 Å². The monoisotopic (exact) mass is 336 g/mol. The van der Waals surface area contributed by atoms with Crippen LogP contribution in [-0.4, -0.2) is 9.97 Å². The summed E-state index contributed by atoms with van der Waals surface area (Å²) in [5.41, 5.74) is -0.403. The molecule has 1 aromatic carbocycles. The average Bonchev–Trinajstić information content (AvgIpc) is 2.86. The van der Waals surface area contributed by atoms with Gasteiger partial charge in [0.05, 0.1) is 20.8 Å². The number of alkyl halides is 3. The first-order valence-corrected chi connectivity index (χ1v) is 7.35. The number of nitriles is 2. The quantitative estimate of drug-likeness (QED) is 0.674. The standard InChI is InChI=1S/C13H3F3N4S2/c14-13(15,16)7-1-2-8-9(3-7)20-11-10(19-8)21-12(22-11)6(4-17)5-18/h1-3H. The zero-order valence-electron chi connectivity index (χ0n) is 10.5. The van der Waals surface area contributed by atoms with Crippen LogP contribution in [0.5, 0.6) is 0 Å². The second kappa shape index (κ2) is 5.20. The van der Waals surface area contributed by atoms with Gasteiger partial charge in [-0.3, -0.25) is 0 Å². The van der Waals surface area contributed by atoms with Crippen LogP contribution in [0.1, 0.15) is 5.56 Å². The molecule has 4 nitrogen and oxygen atoms in total. The maximum absolute atomic E-state index is 12.7. The minimum absolute atomic E-state index is 0.0603. The molecule has 0 N–H and O–H groups in total. The number of benzene rings is 1. The second-order valence-corrected chi connectivity index (χ2v) is 6.38. The first kappa shape index (κ1) is 14.7. The van der Waals surface area contributed by atoms with Crippen molar-refractivity contribution in [2.75, 3.05) is 0 Å². The van der Waals surface area contributed by atoms with Gasteiger partial charge in [0.15, 0.2) is 0 Å². The molecule has 2 aromatic rings. The third-order valence-corrected chi connectivity index (χ3v) is 5.10. The highest BCUT2D eigenvalue weighted by molar-refractivity contribution is 8.24. The lowest BCUT2D eigenvalue weighted by Gasteiger charge is -2.07. The van der Waals surface area contributed by atoms with Gasteiger partial charge in [-0.2, -0.15) is 23.7 Å². The van der Waals surface area contributed by atoms with E-state index in [2.05, 4.69) is 9.97 Å². The molecule has 0 radical (unpaired) electrons. The van der Waals surface area contributed by atoms with Crippen molar-refractivity contribution >= 4 is 34.6 Å². The maximum atomic E-state index is 12.7. The molecule has 0 bridgehead atoms. The van der Waals surface area contributed by atoms with Crippen LogP contribution in [-0.2, 0) is 6.18 Å². The van der Waals surface area contributed by atoms with Gasteiger partial charge in [-0.25, -0.2) is 9.97 Å². The Kier molecular flexibility index (Phi) is 3.47. The highest BCUT2D eigenvalue weighted by Gasteiger charge is 2.31. The number of hydrogen-bond acceptors (Lipinski definition) is 6. The highest BCUT2D eigenvalue weighted by Crippen LogP contribution is 2.50. The van der Waals surface area contributed by atoms with Crippen LogP contribution < -0.4 is 0 Å². The molecular weight excluding hydrogens is 333 g/mol. The first-order chi connectivity index (χ1) is 10.4. The van der Waals surface area contributed by atoms with E-state index in [-0.39, 0.29) is 11.1 Å². The van der Waals surface area contributed by atoms with Gasteiger partial charge < -0.3 is 0 Å². The van der Waals surface area contributed by atoms with Crippen LogP contribution in [0.25, 0.3) is 11.0 Å². The molecule has 0 saturated carbocycles. The van der Waals surface area contributed by atoms with Crippen LogP contribution in [0.4, 0.5) is 13.2 Å². The van der Waals surface area contributed by atoms with Gasteiger partial charge in [-0.05, 0) is 18.2 Å². The summed E-state index contributed by atoms with van der Waals surface area (Å²) >= 11 is 2.18. The van der Waals surface area contributed by atoms with Gasteiger partial charge in [-0.1, -0.05) is 23.5 Å². The molecule has 2 heterocycles. The summed E-state index contributed by atoms with van der Waals surface area (Å²) in [6, 6.07) is 6.68. The van der Waals surface area contributed by atoms with Gasteiger partial charge in [0.25, 0.3) is 0 Å². The van der Waals surface area contributed by atoms with E-state index in [9.17, 15) is 13.2 Å².